The molecule has 0 aliphatic rings. The van der Waals surface area contributed by atoms with Crippen molar-refractivity contribution < 1.29 is 14.3 Å². The maximum Gasteiger partial charge on any atom is 0.310 e. The van der Waals surface area contributed by atoms with E-state index >= 15 is 0 Å². The molecule has 0 saturated carbocycles. The number of hydrogen-bond acceptors (Lipinski definition) is 3. The summed E-state index contributed by atoms with van der Waals surface area (Å²) in [4.78, 5) is 25.9. The number of carbonyl (C=O) groups is 2. The largest absolute Gasteiger partial charge is 0.469 e. The van der Waals surface area contributed by atoms with E-state index in [9.17, 15) is 9.59 Å². The number of amides is 1. The Morgan fingerprint density at radius 2 is 1.96 bits per heavy atom. The molecule has 1 aromatic carbocycles. The standard InChI is InChI=1S/C18H23Cl2NO3/c1-5-13(3)21(11-12(2)18(23)24-4)17(22)9-7-14-6-8-15(19)10-16(14)20/h6-10,12-13H,5,11H2,1-4H3/b9-7+. The Hall–Kier alpha value is -1.52. The van der Waals surface area contributed by atoms with Crippen molar-refractivity contribution in [2.24, 2.45) is 5.92 Å². The fraction of sp³-hybridized carbons (Fsp3) is 0.444. The van der Waals surface area contributed by atoms with Gasteiger partial charge in [0.25, 0.3) is 0 Å². The Morgan fingerprint density at radius 1 is 1.29 bits per heavy atom. The third-order valence-corrected chi connectivity index (χ3v) is 4.41. The van der Waals surface area contributed by atoms with E-state index in [0.717, 1.165) is 6.42 Å². The molecule has 0 N–H and O–H groups in total. The lowest BCUT2D eigenvalue weighted by molar-refractivity contribution is -0.146. The zero-order valence-electron chi connectivity index (χ0n) is 14.4. The summed E-state index contributed by atoms with van der Waals surface area (Å²) in [5.74, 6) is -0.896. The summed E-state index contributed by atoms with van der Waals surface area (Å²) in [6.07, 6.45) is 3.90. The van der Waals surface area contributed by atoms with Gasteiger partial charge in [-0.3, -0.25) is 9.59 Å². The van der Waals surface area contributed by atoms with E-state index in [1.807, 2.05) is 13.8 Å². The first-order chi connectivity index (χ1) is 11.3. The molecule has 0 fully saturated rings. The lowest BCUT2D eigenvalue weighted by atomic mass is 10.1. The molecule has 1 aromatic rings. The number of carbonyl (C=O) groups excluding carboxylic acids is 2. The summed E-state index contributed by atoms with van der Waals surface area (Å²) < 4.78 is 4.74. The molecule has 6 heteroatoms. The Bertz CT molecular complexity index is 616. The zero-order chi connectivity index (χ0) is 18.3. The molecule has 0 aliphatic carbocycles. The first-order valence-electron chi connectivity index (χ1n) is 7.81. The highest BCUT2D eigenvalue weighted by Crippen LogP contribution is 2.22. The van der Waals surface area contributed by atoms with Gasteiger partial charge in [-0.05, 0) is 37.1 Å². The predicted molar refractivity (Wildman–Crippen MR) is 98.1 cm³/mol. The molecular weight excluding hydrogens is 349 g/mol. The van der Waals surface area contributed by atoms with Crippen LogP contribution in [-0.4, -0.2) is 36.5 Å². The van der Waals surface area contributed by atoms with E-state index < -0.39 is 0 Å². The molecule has 0 aromatic heterocycles. The van der Waals surface area contributed by atoms with Crippen LogP contribution in [0.25, 0.3) is 6.08 Å². The summed E-state index contributed by atoms with van der Waals surface area (Å²) in [5, 5.41) is 1.01. The Balaban J connectivity index is 2.91. The molecule has 0 saturated heterocycles. The molecule has 2 unspecified atom stereocenters. The minimum atomic E-state index is -0.388. The molecule has 4 nitrogen and oxygen atoms in total. The van der Waals surface area contributed by atoms with E-state index in [1.165, 1.54) is 13.2 Å². The number of benzene rings is 1. The summed E-state index contributed by atoms with van der Waals surface area (Å²) in [5.41, 5.74) is 0.708. The van der Waals surface area contributed by atoms with Crippen LogP contribution in [0.5, 0.6) is 0 Å². The summed E-state index contributed by atoms with van der Waals surface area (Å²) in [6, 6.07) is 5.09. The van der Waals surface area contributed by atoms with Gasteiger partial charge in [0.15, 0.2) is 0 Å². The highest BCUT2D eigenvalue weighted by atomic mass is 35.5. The molecule has 0 radical (unpaired) electrons. The monoisotopic (exact) mass is 371 g/mol. The molecule has 0 heterocycles. The van der Waals surface area contributed by atoms with Crippen molar-refractivity contribution in [3.05, 3.63) is 39.9 Å². The summed E-state index contributed by atoms with van der Waals surface area (Å²) in [6.45, 7) is 5.99. The molecule has 2 atom stereocenters. The number of halogens is 2. The summed E-state index contributed by atoms with van der Waals surface area (Å²) in [7, 11) is 1.34. The van der Waals surface area contributed by atoms with Crippen molar-refractivity contribution in [1.82, 2.24) is 4.90 Å². The van der Waals surface area contributed by atoms with Crippen LogP contribution in [0.15, 0.2) is 24.3 Å². The van der Waals surface area contributed by atoms with Crippen molar-refractivity contribution in [1.29, 1.82) is 0 Å². The van der Waals surface area contributed by atoms with E-state index in [1.54, 1.807) is 36.1 Å². The Labute approximate surface area is 153 Å². The van der Waals surface area contributed by atoms with Gasteiger partial charge in [-0.2, -0.15) is 0 Å². The van der Waals surface area contributed by atoms with Crippen LogP contribution in [0.2, 0.25) is 10.0 Å². The lowest BCUT2D eigenvalue weighted by Gasteiger charge is -2.29. The smallest absolute Gasteiger partial charge is 0.310 e. The van der Waals surface area contributed by atoms with E-state index in [4.69, 9.17) is 27.9 Å². The minimum absolute atomic E-state index is 0.00921. The van der Waals surface area contributed by atoms with Gasteiger partial charge in [0.05, 0.1) is 13.0 Å². The SMILES string of the molecule is CCC(C)N(CC(C)C(=O)OC)C(=O)/C=C/c1ccc(Cl)cc1Cl. The van der Waals surface area contributed by atoms with Gasteiger partial charge in [0.2, 0.25) is 5.91 Å². The Kier molecular flexibility index (Phi) is 8.29. The molecule has 132 valence electrons. The first kappa shape index (κ1) is 20.5. The van der Waals surface area contributed by atoms with Gasteiger partial charge in [-0.1, -0.05) is 43.1 Å². The van der Waals surface area contributed by atoms with Gasteiger partial charge in [-0.25, -0.2) is 0 Å². The van der Waals surface area contributed by atoms with Crippen LogP contribution in [-0.2, 0) is 14.3 Å². The van der Waals surface area contributed by atoms with Crippen LogP contribution in [0, 0.1) is 5.92 Å². The van der Waals surface area contributed by atoms with E-state index in [2.05, 4.69) is 0 Å². The van der Waals surface area contributed by atoms with E-state index in [0.29, 0.717) is 22.2 Å². The van der Waals surface area contributed by atoms with Crippen LogP contribution in [0.3, 0.4) is 0 Å². The first-order valence-corrected chi connectivity index (χ1v) is 8.57. The number of esters is 1. The summed E-state index contributed by atoms with van der Waals surface area (Å²) >= 11 is 12.0. The normalized spacial score (nSPS) is 13.6. The lowest BCUT2D eigenvalue weighted by Crippen LogP contribution is -2.42. The number of hydrogen-bond donors (Lipinski definition) is 0. The van der Waals surface area contributed by atoms with Crippen molar-refractivity contribution >= 4 is 41.2 Å². The van der Waals surface area contributed by atoms with Crippen LogP contribution in [0.1, 0.15) is 32.8 Å². The number of rotatable bonds is 7. The average Bonchev–Trinajstić information content (AvgIpc) is 2.56. The molecule has 24 heavy (non-hydrogen) atoms. The topological polar surface area (TPSA) is 46.6 Å². The molecule has 1 amide bonds. The minimum Gasteiger partial charge on any atom is -0.469 e. The third kappa shape index (κ3) is 5.84. The van der Waals surface area contributed by atoms with Crippen LogP contribution >= 0.6 is 23.2 Å². The fourth-order valence-electron chi connectivity index (χ4n) is 2.17. The molecular formula is C18H23Cl2NO3. The molecule has 1 rings (SSSR count). The zero-order valence-corrected chi connectivity index (χ0v) is 15.9. The molecule has 0 spiro atoms. The van der Waals surface area contributed by atoms with Gasteiger partial charge >= 0.3 is 5.97 Å². The van der Waals surface area contributed by atoms with Crippen molar-refractivity contribution in [2.45, 2.75) is 33.2 Å². The number of nitrogens with zero attached hydrogens (tertiary/aromatic N) is 1. The quantitative estimate of drug-likeness (QED) is 0.525. The molecule has 0 aliphatic heterocycles. The maximum absolute atomic E-state index is 12.6. The van der Waals surface area contributed by atoms with Gasteiger partial charge in [-0.15, -0.1) is 0 Å². The van der Waals surface area contributed by atoms with Gasteiger partial charge in [0, 0.05) is 28.7 Å². The van der Waals surface area contributed by atoms with Crippen LogP contribution in [0.4, 0.5) is 0 Å². The fourth-order valence-corrected chi connectivity index (χ4v) is 2.64. The number of methoxy groups -OCH3 is 1. The van der Waals surface area contributed by atoms with Gasteiger partial charge in [0.1, 0.15) is 0 Å². The van der Waals surface area contributed by atoms with Gasteiger partial charge < -0.3 is 9.64 Å². The van der Waals surface area contributed by atoms with Crippen molar-refractivity contribution in [3.63, 3.8) is 0 Å². The highest BCUT2D eigenvalue weighted by Gasteiger charge is 2.23. The van der Waals surface area contributed by atoms with Crippen molar-refractivity contribution in [3.8, 4) is 0 Å². The third-order valence-electron chi connectivity index (χ3n) is 3.85. The Morgan fingerprint density at radius 3 is 2.50 bits per heavy atom. The van der Waals surface area contributed by atoms with E-state index in [-0.39, 0.29) is 23.8 Å². The number of ether oxygens (including phenoxy) is 1. The van der Waals surface area contributed by atoms with Crippen molar-refractivity contribution in [2.75, 3.05) is 13.7 Å². The second kappa shape index (κ2) is 9.70. The second-order valence-electron chi connectivity index (χ2n) is 5.67. The predicted octanol–water partition coefficient (Wildman–Crippen LogP) is 4.44. The highest BCUT2D eigenvalue weighted by molar-refractivity contribution is 6.35. The van der Waals surface area contributed by atoms with Crippen LogP contribution < -0.4 is 0 Å². The second-order valence-corrected chi connectivity index (χ2v) is 6.51. The average molecular weight is 372 g/mol. The molecule has 0 bridgehead atoms. The maximum atomic E-state index is 12.6.